The summed E-state index contributed by atoms with van der Waals surface area (Å²) in [7, 11) is 1.55. The highest BCUT2D eigenvalue weighted by molar-refractivity contribution is 5.49. The van der Waals surface area contributed by atoms with Gasteiger partial charge < -0.3 is 14.6 Å². The molecule has 1 unspecified atom stereocenters. The van der Waals surface area contributed by atoms with Gasteiger partial charge in [-0.05, 0) is 13.0 Å². The lowest BCUT2D eigenvalue weighted by Gasteiger charge is -1.99. The molecule has 0 radical (unpaired) electrons. The average molecular weight is 247 g/mol. The Hall–Kier alpha value is -2.02. The van der Waals surface area contributed by atoms with Gasteiger partial charge in [0.1, 0.15) is 12.0 Å². The van der Waals surface area contributed by atoms with Gasteiger partial charge in [0.05, 0.1) is 13.0 Å². The van der Waals surface area contributed by atoms with E-state index in [-0.39, 0.29) is 0 Å². The molecule has 0 amide bonds. The van der Waals surface area contributed by atoms with Crippen LogP contribution in [0.5, 0.6) is 5.88 Å². The van der Waals surface area contributed by atoms with Gasteiger partial charge in [-0.3, -0.25) is 0 Å². The minimum atomic E-state index is 0.301. The second kappa shape index (κ2) is 4.69. The summed E-state index contributed by atoms with van der Waals surface area (Å²) in [4.78, 5) is 12.4. The summed E-state index contributed by atoms with van der Waals surface area (Å²) in [5.74, 6) is 1.91. The van der Waals surface area contributed by atoms with Crippen molar-refractivity contribution in [3.8, 4) is 17.4 Å². The lowest BCUT2D eigenvalue weighted by molar-refractivity contribution is 0.359. The number of rotatable bonds is 3. The van der Waals surface area contributed by atoms with E-state index in [0.717, 1.165) is 19.5 Å². The first-order valence-electron chi connectivity index (χ1n) is 5.77. The molecule has 3 heterocycles. The van der Waals surface area contributed by atoms with E-state index in [4.69, 9.17) is 9.26 Å². The first kappa shape index (κ1) is 11.1. The van der Waals surface area contributed by atoms with Gasteiger partial charge in [-0.1, -0.05) is 5.16 Å². The molecule has 3 rings (SSSR count). The van der Waals surface area contributed by atoms with Crippen LogP contribution in [0.1, 0.15) is 18.2 Å². The topological polar surface area (TPSA) is 86.0 Å². The fourth-order valence-corrected chi connectivity index (χ4v) is 1.94. The van der Waals surface area contributed by atoms with Crippen molar-refractivity contribution in [2.75, 3.05) is 20.2 Å². The van der Waals surface area contributed by atoms with Crippen LogP contribution in [0.15, 0.2) is 16.9 Å². The minimum Gasteiger partial charge on any atom is -0.481 e. The number of methoxy groups -OCH3 is 1. The molecule has 0 spiro atoms. The predicted octanol–water partition coefficient (Wildman–Crippen LogP) is 0.612. The Morgan fingerprint density at radius 1 is 1.44 bits per heavy atom. The Morgan fingerprint density at radius 3 is 3.17 bits per heavy atom. The summed E-state index contributed by atoms with van der Waals surface area (Å²) in [6, 6.07) is 1.68. The molecule has 0 bridgehead atoms. The van der Waals surface area contributed by atoms with Crippen LogP contribution >= 0.6 is 0 Å². The fourth-order valence-electron chi connectivity index (χ4n) is 1.94. The summed E-state index contributed by atoms with van der Waals surface area (Å²) in [5.41, 5.74) is 0.600. The van der Waals surface area contributed by atoms with Crippen molar-refractivity contribution in [2.24, 2.45) is 0 Å². The van der Waals surface area contributed by atoms with Crippen molar-refractivity contribution in [1.82, 2.24) is 25.4 Å². The zero-order chi connectivity index (χ0) is 12.4. The molecule has 94 valence electrons. The zero-order valence-electron chi connectivity index (χ0n) is 9.96. The van der Waals surface area contributed by atoms with Crippen LogP contribution < -0.4 is 10.1 Å². The third-order valence-corrected chi connectivity index (χ3v) is 2.93. The Bertz CT molecular complexity index is 536. The van der Waals surface area contributed by atoms with Crippen LogP contribution in [-0.2, 0) is 0 Å². The van der Waals surface area contributed by atoms with Crippen molar-refractivity contribution in [2.45, 2.75) is 12.3 Å². The monoisotopic (exact) mass is 247 g/mol. The van der Waals surface area contributed by atoms with Crippen LogP contribution in [0.25, 0.3) is 11.5 Å². The third kappa shape index (κ3) is 2.04. The second-order valence-electron chi connectivity index (χ2n) is 4.09. The zero-order valence-corrected chi connectivity index (χ0v) is 9.96. The summed E-state index contributed by atoms with van der Waals surface area (Å²) in [6.07, 6.45) is 2.44. The van der Waals surface area contributed by atoms with E-state index in [1.54, 1.807) is 13.2 Å². The second-order valence-corrected chi connectivity index (χ2v) is 4.09. The highest BCUT2D eigenvalue weighted by Crippen LogP contribution is 2.23. The Kier molecular flexibility index (Phi) is 2.89. The minimum absolute atomic E-state index is 0.301. The number of hydrogen-bond donors (Lipinski definition) is 1. The molecule has 2 aromatic heterocycles. The summed E-state index contributed by atoms with van der Waals surface area (Å²) in [5, 5.41) is 7.21. The van der Waals surface area contributed by atoms with E-state index in [9.17, 15) is 0 Å². The molecule has 2 aromatic rings. The Morgan fingerprint density at radius 2 is 2.39 bits per heavy atom. The number of ether oxygens (including phenoxy) is 1. The Labute approximate surface area is 104 Å². The highest BCUT2D eigenvalue weighted by Gasteiger charge is 2.23. The molecule has 1 fully saturated rings. The van der Waals surface area contributed by atoms with Gasteiger partial charge in [0, 0.05) is 12.6 Å². The number of nitrogens with one attached hydrogen (secondary N) is 1. The van der Waals surface area contributed by atoms with Crippen molar-refractivity contribution >= 4 is 0 Å². The van der Waals surface area contributed by atoms with E-state index >= 15 is 0 Å². The maximum atomic E-state index is 5.27. The van der Waals surface area contributed by atoms with Crippen LogP contribution in [0, 0.1) is 0 Å². The summed E-state index contributed by atoms with van der Waals surface area (Å²) < 4.78 is 10.3. The molecular weight excluding hydrogens is 234 g/mol. The lowest BCUT2D eigenvalue weighted by atomic mass is 10.1. The first-order chi connectivity index (χ1) is 8.86. The maximum Gasteiger partial charge on any atom is 0.231 e. The molecule has 0 aliphatic carbocycles. The van der Waals surface area contributed by atoms with E-state index in [2.05, 4.69) is 25.4 Å². The van der Waals surface area contributed by atoms with Gasteiger partial charge >= 0.3 is 0 Å². The smallest absolute Gasteiger partial charge is 0.231 e. The van der Waals surface area contributed by atoms with Gasteiger partial charge in [0.15, 0.2) is 0 Å². The molecular formula is C11H13N5O2. The first-order valence-corrected chi connectivity index (χ1v) is 5.77. The third-order valence-electron chi connectivity index (χ3n) is 2.93. The molecule has 1 saturated heterocycles. The molecule has 18 heavy (non-hydrogen) atoms. The molecule has 7 heteroatoms. The van der Waals surface area contributed by atoms with E-state index < -0.39 is 0 Å². The van der Waals surface area contributed by atoms with E-state index in [0.29, 0.717) is 29.2 Å². The largest absolute Gasteiger partial charge is 0.481 e. The summed E-state index contributed by atoms with van der Waals surface area (Å²) in [6.45, 7) is 1.87. The molecule has 1 aliphatic heterocycles. The maximum absolute atomic E-state index is 5.27. The van der Waals surface area contributed by atoms with Crippen LogP contribution in [0.3, 0.4) is 0 Å². The Balaban J connectivity index is 1.87. The molecule has 0 aromatic carbocycles. The average Bonchev–Trinajstić information content (AvgIpc) is 3.09. The lowest BCUT2D eigenvalue weighted by Crippen LogP contribution is -2.08. The predicted molar refractivity (Wildman–Crippen MR) is 62.1 cm³/mol. The van der Waals surface area contributed by atoms with E-state index in [1.807, 2.05) is 0 Å². The standard InChI is InChI=1S/C11H13N5O2/c1-17-9-4-8(13-6-14-9)10-15-11(18-16-10)7-2-3-12-5-7/h4,6-7,12H,2-3,5H2,1H3. The van der Waals surface area contributed by atoms with Gasteiger partial charge in [-0.2, -0.15) is 4.98 Å². The number of aromatic nitrogens is 4. The highest BCUT2D eigenvalue weighted by atomic mass is 16.5. The molecule has 1 aliphatic rings. The van der Waals surface area contributed by atoms with Crippen molar-refractivity contribution in [3.05, 3.63) is 18.3 Å². The van der Waals surface area contributed by atoms with E-state index in [1.165, 1.54) is 6.33 Å². The van der Waals surface area contributed by atoms with Gasteiger partial charge in [-0.15, -0.1) is 0 Å². The molecule has 1 atom stereocenters. The van der Waals surface area contributed by atoms with Crippen LogP contribution in [0.4, 0.5) is 0 Å². The van der Waals surface area contributed by atoms with Crippen LogP contribution in [-0.4, -0.2) is 40.3 Å². The van der Waals surface area contributed by atoms with Crippen molar-refractivity contribution in [1.29, 1.82) is 0 Å². The van der Waals surface area contributed by atoms with Crippen LogP contribution in [0.2, 0.25) is 0 Å². The number of hydrogen-bond acceptors (Lipinski definition) is 7. The van der Waals surface area contributed by atoms with Gasteiger partial charge in [0.2, 0.25) is 17.6 Å². The van der Waals surface area contributed by atoms with Gasteiger partial charge in [-0.25, -0.2) is 9.97 Å². The van der Waals surface area contributed by atoms with Crippen molar-refractivity contribution < 1.29 is 9.26 Å². The molecule has 1 N–H and O–H groups in total. The molecule has 7 nitrogen and oxygen atoms in total. The van der Waals surface area contributed by atoms with Crippen molar-refractivity contribution in [3.63, 3.8) is 0 Å². The SMILES string of the molecule is COc1cc(-c2noc(C3CCNC3)n2)ncn1. The summed E-state index contributed by atoms with van der Waals surface area (Å²) >= 11 is 0. The normalized spacial score (nSPS) is 19.1. The quantitative estimate of drug-likeness (QED) is 0.850. The molecule has 0 saturated carbocycles. The fraction of sp³-hybridized carbons (Fsp3) is 0.455. The number of nitrogens with zero attached hydrogens (tertiary/aromatic N) is 4. The van der Waals surface area contributed by atoms with Gasteiger partial charge in [0.25, 0.3) is 0 Å².